The van der Waals surface area contributed by atoms with E-state index in [4.69, 9.17) is 11.6 Å². The predicted octanol–water partition coefficient (Wildman–Crippen LogP) is 6.34. The summed E-state index contributed by atoms with van der Waals surface area (Å²) < 4.78 is 43.6. The molecule has 166 valence electrons. The zero-order valence-corrected chi connectivity index (χ0v) is 18.9. The molecule has 30 heavy (non-hydrogen) atoms. The average Bonchev–Trinajstić information content (AvgIpc) is 3.01. The Hall–Kier alpha value is -1.73. The first-order valence-corrected chi connectivity index (χ1v) is 11.0. The highest BCUT2D eigenvalue weighted by molar-refractivity contribution is 6.33. The number of fused-ring (bicyclic) bond motifs is 1. The molecule has 0 saturated carbocycles. The van der Waals surface area contributed by atoms with Crippen LogP contribution in [0.5, 0.6) is 0 Å². The van der Waals surface area contributed by atoms with Gasteiger partial charge in [0.15, 0.2) is 5.69 Å². The number of halogens is 4. The Morgan fingerprint density at radius 3 is 2.33 bits per heavy atom. The lowest BCUT2D eigenvalue weighted by Crippen LogP contribution is -2.31. The van der Waals surface area contributed by atoms with E-state index in [1.54, 1.807) is 4.57 Å². The van der Waals surface area contributed by atoms with Gasteiger partial charge < -0.3 is 9.47 Å². The molecule has 0 saturated heterocycles. The smallest absolute Gasteiger partial charge is 0.312 e. The van der Waals surface area contributed by atoms with Crippen LogP contribution in [0, 0.1) is 13.8 Å². The van der Waals surface area contributed by atoms with Crippen molar-refractivity contribution in [3.05, 3.63) is 39.7 Å². The maximum atomic E-state index is 14.0. The average molecular weight is 443 g/mol. The van der Waals surface area contributed by atoms with Gasteiger partial charge in [-0.15, -0.1) is 0 Å². The third kappa shape index (κ3) is 4.62. The van der Waals surface area contributed by atoms with Gasteiger partial charge in [-0.1, -0.05) is 31.5 Å². The lowest BCUT2D eigenvalue weighted by Gasteiger charge is -2.32. The van der Waals surface area contributed by atoms with Crippen molar-refractivity contribution in [3.63, 3.8) is 0 Å². The molecule has 3 rings (SSSR count). The Kier molecular flexibility index (Phi) is 7.02. The summed E-state index contributed by atoms with van der Waals surface area (Å²) in [5.74, 6) is 0.338. The van der Waals surface area contributed by atoms with Crippen molar-refractivity contribution in [1.82, 2.24) is 14.5 Å². The maximum Gasteiger partial charge on any atom is 0.435 e. The molecule has 0 bridgehead atoms. The lowest BCUT2D eigenvalue weighted by molar-refractivity contribution is -0.141. The molecule has 0 atom stereocenters. The van der Waals surface area contributed by atoms with Gasteiger partial charge in [0, 0.05) is 19.6 Å². The van der Waals surface area contributed by atoms with Crippen LogP contribution in [0.15, 0.2) is 12.1 Å². The summed E-state index contributed by atoms with van der Waals surface area (Å²) in [6, 6.07) is 3.85. The Bertz CT molecular complexity index is 862. The molecule has 2 heterocycles. The van der Waals surface area contributed by atoms with Crippen LogP contribution in [0.1, 0.15) is 55.6 Å². The molecule has 0 radical (unpaired) electrons. The van der Waals surface area contributed by atoms with Crippen molar-refractivity contribution in [2.24, 2.45) is 0 Å². The zero-order valence-electron chi connectivity index (χ0n) is 18.1. The number of alkyl halides is 3. The van der Waals surface area contributed by atoms with Gasteiger partial charge in [-0.25, -0.2) is 4.98 Å². The first kappa shape index (κ1) is 22.9. The molecular weight excluding hydrogens is 413 g/mol. The minimum atomic E-state index is -4.50. The highest BCUT2D eigenvalue weighted by atomic mass is 35.5. The van der Waals surface area contributed by atoms with Crippen molar-refractivity contribution < 1.29 is 13.2 Å². The summed E-state index contributed by atoms with van der Waals surface area (Å²) in [5, 5.41) is 0.539. The molecule has 8 heteroatoms. The Labute approximate surface area is 181 Å². The number of rotatable bonds is 7. The minimum Gasteiger partial charge on any atom is -0.312 e. The SMILES string of the molecule is CCCN(CCC)Cc1c(C(F)(F)F)nc2n1CCCN2c1c(C)cc(C)cc1Cl. The summed E-state index contributed by atoms with van der Waals surface area (Å²) in [4.78, 5) is 8.07. The second-order valence-corrected chi connectivity index (χ2v) is 8.46. The Morgan fingerprint density at radius 1 is 1.10 bits per heavy atom. The number of imidazole rings is 1. The van der Waals surface area contributed by atoms with Crippen LogP contribution in [0.2, 0.25) is 5.02 Å². The second kappa shape index (κ2) is 9.18. The standard InChI is InChI=1S/C22H30ClF3N4/c1-5-8-28(9-6-2)14-18-20(22(24,25)26)27-21-29(18)10-7-11-30(21)19-16(4)12-15(3)13-17(19)23/h12-13H,5-11,14H2,1-4H3. The summed E-state index contributed by atoms with van der Waals surface area (Å²) in [6.07, 6.45) is -1.97. The van der Waals surface area contributed by atoms with Crippen LogP contribution in [-0.2, 0) is 19.3 Å². The van der Waals surface area contributed by atoms with Gasteiger partial charge in [0.2, 0.25) is 5.95 Å². The molecular formula is C22H30ClF3N4. The molecule has 4 nitrogen and oxygen atoms in total. The molecule has 1 aliphatic rings. The number of aromatic nitrogens is 2. The summed E-state index contributed by atoms with van der Waals surface area (Å²) in [7, 11) is 0. The monoisotopic (exact) mass is 442 g/mol. The highest BCUT2D eigenvalue weighted by Crippen LogP contribution is 2.41. The molecule has 0 amide bonds. The number of aryl methyl sites for hydroxylation is 2. The molecule has 2 aromatic rings. The van der Waals surface area contributed by atoms with Crippen LogP contribution in [0.25, 0.3) is 0 Å². The molecule has 1 aromatic heterocycles. The van der Waals surface area contributed by atoms with Gasteiger partial charge in [-0.05, 0) is 63.4 Å². The number of anilines is 2. The molecule has 0 fully saturated rings. The van der Waals surface area contributed by atoms with E-state index >= 15 is 0 Å². The number of hydrogen-bond donors (Lipinski definition) is 0. The van der Waals surface area contributed by atoms with Crippen LogP contribution < -0.4 is 4.90 Å². The van der Waals surface area contributed by atoms with Crippen molar-refractivity contribution in [1.29, 1.82) is 0 Å². The third-order valence-corrected chi connectivity index (χ3v) is 5.74. The molecule has 0 spiro atoms. The highest BCUT2D eigenvalue weighted by Gasteiger charge is 2.41. The predicted molar refractivity (Wildman–Crippen MR) is 116 cm³/mol. The van der Waals surface area contributed by atoms with Crippen LogP contribution in [-0.4, -0.2) is 34.1 Å². The number of benzene rings is 1. The first-order valence-electron chi connectivity index (χ1n) is 10.6. The van der Waals surface area contributed by atoms with Gasteiger partial charge in [-0.2, -0.15) is 13.2 Å². The molecule has 1 aliphatic heterocycles. The summed E-state index contributed by atoms with van der Waals surface area (Å²) in [5.41, 5.74) is 2.18. The fourth-order valence-corrected chi connectivity index (χ4v) is 4.79. The number of hydrogen-bond acceptors (Lipinski definition) is 3. The van der Waals surface area contributed by atoms with Crippen molar-refractivity contribution >= 4 is 23.2 Å². The maximum absolute atomic E-state index is 14.0. The van der Waals surface area contributed by atoms with Gasteiger partial charge in [0.1, 0.15) is 0 Å². The van der Waals surface area contributed by atoms with Gasteiger partial charge in [0.25, 0.3) is 0 Å². The zero-order chi connectivity index (χ0) is 22.1. The summed E-state index contributed by atoms with van der Waals surface area (Å²) in [6.45, 7) is 10.9. The van der Waals surface area contributed by atoms with E-state index in [1.165, 1.54) is 0 Å². The topological polar surface area (TPSA) is 24.3 Å². The normalized spacial score (nSPS) is 14.5. The van der Waals surface area contributed by atoms with E-state index in [2.05, 4.69) is 9.88 Å². The van der Waals surface area contributed by atoms with Crippen molar-refractivity contribution in [3.8, 4) is 0 Å². The van der Waals surface area contributed by atoms with E-state index in [1.807, 2.05) is 44.7 Å². The van der Waals surface area contributed by atoms with E-state index < -0.39 is 11.9 Å². The van der Waals surface area contributed by atoms with Crippen LogP contribution in [0.4, 0.5) is 24.8 Å². The largest absolute Gasteiger partial charge is 0.435 e. The Balaban J connectivity index is 2.11. The van der Waals surface area contributed by atoms with Crippen LogP contribution >= 0.6 is 11.6 Å². The van der Waals surface area contributed by atoms with Crippen LogP contribution in [0.3, 0.4) is 0 Å². The molecule has 0 unspecified atom stereocenters. The number of nitrogens with zero attached hydrogens (tertiary/aromatic N) is 4. The van der Waals surface area contributed by atoms with Crippen molar-refractivity contribution in [2.45, 2.75) is 66.2 Å². The third-order valence-electron chi connectivity index (χ3n) is 5.45. The fraction of sp³-hybridized carbons (Fsp3) is 0.591. The summed E-state index contributed by atoms with van der Waals surface area (Å²) >= 11 is 6.53. The second-order valence-electron chi connectivity index (χ2n) is 8.05. The molecule has 0 N–H and O–H groups in total. The fourth-order valence-electron chi connectivity index (χ4n) is 4.36. The first-order chi connectivity index (χ1) is 14.2. The Morgan fingerprint density at radius 2 is 1.77 bits per heavy atom. The quantitative estimate of drug-likeness (QED) is 0.500. The molecule has 1 aromatic carbocycles. The van der Waals surface area contributed by atoms with Crippen molar-refractivity contribution in [2.75, 3.05) is 24.5 Å². The van der Waals surface area contributed by atoms with Gasteiger partial charge >= 0.3 is 6.18 Å². The van der Waals surface area contributed by atoms with E-state index in [0.717, 1.165) is 49.2 Å². The lowest BCUT2D eigenvalue weighted by atomic mass is 10.1. The van der Waals surface area contributed by atoms with E-state index in [0.29, 0.717) is 24.1 Å². The van der Waals surface area contributed by atoms with E-state index in [-0.39, 0.29) is 12.2 Å². The van der Waals surface area contributed by atoms with Gasteiger partial charge in [-0.3, -0.25) is 4.90 Å². The minimum absolute atomic E-state index is 0.248. The van der Waals surface area contributed by atoms with Gasteiger partial charge in [0.05, 0.1) is 16.4 Å². The van der Waals surface area contributed by atoms with E-state index in [9.17, 15) is 13.2 Å². The molecule has 0 aliphatic carbocycles.